The number of hydrogen-bond donors (Lipinski definition) is 1. The summed E-state index contributed by atoms with van der Waals surface area (Å²) >= 11 is 2.94. The van der Waals surface area contributed by atoms with Crippen molar-refractivity contribution in [3.05, 3.63) is 58.0 Å². The number of halogens is 4. The molecule has 2 nitrogen and oxygen atoms in total. The van der Waals surface area contributed by atoms with Crippen molar-refractivity contribution in [2.45, 2.75) is 19.1 Å². The van der Waals surface area contributed by atoms with E-state index < -0.39 is 11.7 Å². The number of benzene rings is 1. The summed E-state index contributed by atoms with van der Waals surface area (Å²) in [6.07, 6.45) is -1.35. The first-order valence-electron chi connectivity index (χ1n) is 6.05. The number of furan rings is 1. The smallest absolute Gasteiger partial charge is 0.417 e. The first kappa shape index (κ1) is 15.1. The lowest BCUT2D eigenvalue weighted by molar-refractivity contribution is -0.138. The fourth-order valence-electron chi connectivity index (χ4n) is 2.01. The molecule has 1 unspecified atom stereocenters. The van der Waals surface area contributed by atoms with Crippen LogP contribution in [0.4, 0.5) is 13.2 Å². The van der Waals surface area contributed by atoms with Crippen molar-refractivity contribution in [2.75, 3.05) is 6.54 Å². The van der Waals surface area contributed by atoms with Gasteiger partial charge in [0.15, 0.2) is 0 Å². The van der Waals surface area contributed by atoms with Gasteiger partial charge in [-0.05, 0) is 30.3 Å². The SMILES string of the molecule is CCNC(c1ccoc1)c1ccc(Br)c(C(F)(F)F)c1. The fraction of sp³-hybridized carbons (Fsp3) is 0.286. The van der Waals surface area contributed by atoms with Crippen LogP contribution in [0.5, 0.6) is 0 Å². The summed E-state index contributed by atoms with van der Waals surface area (Å²) in [4.78, 5) is 0. The Morgan fingerprint density at radius 2 is 2.00 bits per heavy atom. The van der Waals surface area contributed by atoms with Crippen LogP contribution in [0.15, 0.2) is 45.7 Å². The van der Waals surface area contributed by atoms with E-state index in [2.05, 4.69) is 21.2 Å². The van der Waals surface area contributed by atoms with E-state index in [1.54, 1.807) is 12.1 Å². The standard InChI is InChI=1S/C14H13BrF3NO/c1-2-19-13(10-5-6-20-8-10)9-3-4-12(15)11(7-9)14(16,17)18/h3-8,13,19H,2H2,1H3. The molecule has 1 aromatic carbocycles. The number of rotatable bonds is 4. The molecule has 0 fully saturated rings. The van der Waals surface area contributed by atoms with Crippen LogP contribution in [0.25, 0.3) is 0 Å². The largest absolute Gasteiger partial charge is 0.472 e. The van der Waals surface area contributed by atoms with Crippen molar-refractivity contribution >= 4 is 15.9 Å². The Bertz CT molecular complexity index is 566. The lowest BCUT2D eigenvalue weighted by Crippen LogP contribution is -2.22. The van der Waals surface area contributed by atoms with E-state index in [1.807, 2.05) is 6.92 Å². The molecule has 0 radical (unpaired) electrons. The molecule has 0 amide bonds. The Hall–Kier alpha value is -1.27. The summed E-state index contributed by atoms with van der Waals surface area (Å²) in [6, 6.07) is 5.66. The second-order valence-electron chi connectivity index (χ2n) is 4.28. The fourth-order valence-corrected chi connectivity index (χ4v) is 2.48. The highest BCUT2D eigenvalue weighted by Crippen LogP contribution is 2.37. The quantitative estimate of drug-likeness (QED) is 0.862. The van der Waals surface area contributed by atoms with Crippen LogP contribution >= 0.6 is 15.9 Å². The van der Waals surface area contributed by atoms with Crippen LogP contribution in [0.2, 0.25) is 0 Å². The molecule has 0 saturated heterocycles. The molecule has 0 aliphatic heterocycles. The monoisotopic (exact) mass is 347 g/mol. The summed E-state index contributed by atoms with van der Waals surface area (Å²) in [5, 5.41) is 3.16. The zero-order valence-electron chi connectivity index (χ0n) is 10.7. The molecule has 0 aliphatic carbocycles. The second-order valence-corrected chi connectivity index (χ2v) is 5.14. The molecule has 108 valence electrons. The molecule has 0 spiro atoms. The van der Waals surface area contributed by atoms with Crippen molar-refractivity contribution in [3.8, 4) is 0 Å². The highest BCUT2D eigenvalue weighted by Gasteiger charge is 2.33. The third-order valence-corrected chi connectivity index (χ3v) is 3.61. The molecule has 20 heavy (non-hydrogen) atoms. The highest BCUT2D eigenvalue weighted by molar-refractivity contribution is 9.10. The molecule has 6 heteroatoms. The van der Waals surface area contributed by atoms with E-state index in [0.29, 0.717) is 12.1 Å². The van der Waals surface area contributed by atoms with Gasteiger partial charge in [0.25, 0.3) is 0 Å². The molecule has 1 atom stereocenters. The van der Waals surface area contributed by atoms with Crippen molar-refractivity contribution in [3.63, 3.8) is 0 Å². The minimum absolute atomic E-state index is 0.0381. The maximum absolute atomic E-state index is 13.0. The van der Waals surface area contributed by atoms with E-state index >= 15 is 0 Å². The van der Waals surface area contributed by atoms with E-state index in [4.69, 9.17) is 4.42 Å². The van der Waals surface area contributed by atoms with Crippen LogP contribution in [-0.4, -0.2) is 6.54 Å². The predicted octanol–water partition coefficient (Wildman–Crippen LogP) is 4.76. The minimum atomic E-state index is -4.39. The summed E-state index contributed by atoms with van der Waals surface area (Å²) in [5.41, 5.74) is 0.660. The molecular weight excluding hydrogens is 335 g/mol. The number of nitrogens with one attached hydrogen (secondary N) is 1. The Kier molecular flexibility index (Phi) is 4.55. The van der Waals surface area contributed by atoms with Crippen molar-refractivity contribution < 1.29 is 17.6 Å². The molecular formula is C14H13BrF3NO. The van der Waals surface area contributed by atoms with Crippen LogP contribution in [-0.2, 0) is 6.18 Å². The first-order valence-corrected chi connectivity index (χ1v) is 6.85. The van der Waals surface area contributed by atoms with Gasteiger partial charge in [0.2, 0.25) is 0 Å². The maximum Gasteiger partial charge on any atom is 0.417 e. The zero-order valence-corrected chi connectivity index (χ0v) is 12.3. The van der Waals surface area contributed by atoms with Gasteiger partial charge in [0.05, 0.1) is 24.1 Å². The summed E-state index contributed by atoms with van der Waals surface area (Å²) in [5.74, 6) is 0. The third-order valence-electron chi connectivity index (χ3n) is 2.91. The predicted molar refractivity (Wildman–Crippen MR) is 73.4 cm³/mol. The van der Waals surface area contributed by atoms with E-state index in [9.17, 15) is 13.2 Å². The molecule has 2 aromatic rings. The molecule has 0 aliphatic rings. The third kappa shape index (κ3) is 3.24. The second kappa shape index (κ2) is 6.01. The van der Waals surface area contributed by atoms with E-state index in [1.165, 1.54) is 18.6 Å². The van der Waals surface area contributed by atoms with Crippen LogP contribution in [0, 0.1) is 0 Å². The Morgan fingerprint density at radius 3 is 2.55 bits per heavy atom. The zero-order chi connectivity index (χ0) is 14.8. The van der Waals surface area contributed by atoms with Gasteiger partial charge in [-0.3, -0.25) is 0 Å². The van der Waals surface area contributed by atoms with Crippen LogP contribution in [0.3, 0.4) is 0 Å². The number of hydrogen-bond acceptors (Lipinski definition) is 2. The normalized spacial score (nSPS) is 13.4. The Morgan fingerprint density at radius 1 is 1.25 bits per heavy atom. The molecule has 0 bridgehead atoms. The Balaban J connectivity index is 2.45. The lowest BCUT2D eigenvalue weighted by atomic mass is 9.99. The van der Waals surface area contributed by atoms with Gasteiger partial charge in [0.1, 0.15) is 0 Å². The number of alkyl halides is 3. The van der Waals surface area contributed by atoms with E-state index in [-0.39, 0.29) is 10.5 Å². The lowest BCUT2D eigenvalue weighted by Gasteiger charge is -2.19. The van der Waals surface area contributed by atoms with Crippen molar-refractivity contribution in [2.24, 2.45) is 0 Å². The van der Waals surface area contributed by atoms with Gasteiger partial charge < -0.3 is 9.73 Å². The van der Waals surface area contributed by atoms with Gasteiger partial charge >= 0.3 is 6.18 Å². The average Bonchev–Trinajstić information content (AvgIpc) is 2.89. The van der Waals surface area contributed by atoms with Gasteiger partial charge in [-0.25, -0.2) is 0 Å². The molecule has 1 N–H and O–H groups in total. The summed E-state index contributed by atoms with van der Waals surface area (Å²) in [7, 11) is 0. The molecule has 0 saturated carbocycles. The van der Waals surface area contributed by atoms with E-state index in [0.717, 1.165) is 11.6 Å². The summed E-state index contributed by atoms with van der Waals surface area (Å²) < 4.78 is 43.9. The average molecular weight is 348 g/mol. The maximum atomic E-state index is 13.0. The van der Waals surface area contributed by atoms with Gasteiger partial charge in [-0.2, -0.15) is 13.2 Å². The van der Waals surface area contributed by atoms with Gasteiger partial charge in [-0.15, -0.1) is 0 Å². The first-order chi connectivity index (χ1) is 9.43. The van der Waals surface area contributed by atoms with Crippen LogP contribution < -0.4 is 5.32 Å². The van der Waals surface area contributed by atoms with Crippen LogP contribution in [0.1, 0.15) is 29.7 Å². The minimum Gasteiger partial charge on any atom is -0.472 e. The Labute approximate surface area is 123 Å². The summed E-state index contributed by atoms with van der Waals surface area (Å²) in [6.45, 7) is 2.53. The van der Waals surface area contributed by atoms with Gasteiger partial charge in [0, 0.05) is 10.0 Å². The van der Waals surface area contributed by atoms with Crippen molar-refractivity contribution in [1.29, 1.82) is 0 Å². The molecule has 2 rings (SSSR count). The molecule has 1 aromatic heterocycles. The molecule has 1 heterocycles. The van der Waals surface area contributed by atoms with Crippen molar-refractivity contribution in [1.82, 2.24) is 5.32 Å². The topological polar surface area (TPSA) is 25.2 Å². The van der Waals surface area contributed by atoms with Gasteiger partial charge in [-0.1, -0.05) is 28.9 Å². The highest BCUT2D eigenvalue weighted by atomic mass is 79.9.